The Morgan fingerprint density at radius 3 is 2.58 bits per heavy atom. The summed E-state index contributed by atoms with van der Waals surface area (Å²) in [6, 6.07) is 20.0. The highest BCUT2D eigenvalue weighted by Crippen LogP contribution is 2.37. The van der Waals surface area contributed by atoms with Gasteiger partial charge in [-0.05, 0) is 43.5 Å². The van der Waals surface area contributed by atoms with E-state index in [1.165, 1.54) is 17.3 Å². The lowest BCUT2D eigenvalue weighted by Gasteiger charge is -2.20. The fourth-order valence-electron chi connectivity index (χ4n) is 2.93. The maximum absolute atomic E-state index is 12.5. The first-order valence-electron chi connectivity index (χ1n) is 8.52. The van der Waals surface area contributed by atoms with Gasteiger partial charge in [-0.2, -0.15) is 0 Å². The predicted octanol–water partition coefficient (Wildman–Crippen LogP) is 5.32. The maximum atomic E-state index is 12.5. The standard InChI is InChI=1S/C21H19N3OS/c1-13-9-11-16(12-10-13)22-20(25)14(2)26-21-23-17-7-3-5-15-6-4-8-18(24-21)19(15)17/h3-12,14H,1-2H3,(H,22,25)(H,23,24)/t14-/m1/s1. The fraction of sp³-hybridized carbons (Fsp3) is 0.143. The van der Waals surface area contributed by atoms with Crippen molar-refractivity contribution in [1.29, 1.82) is 0 Å². The number of benzene rings is 3. The zero-order valence-electron chi connectivity index (χ0n) is 14.6. The topological polar surface area (TPSA) is 53.5 Å². The van der Waals surface area contributed by atoms with E-state index in [4.69, 9.17) is 4.99 Å². The molecule has 1 atom stereocenters. The molecule has 4 rings (SSSR count). The van der Waals surface area contributed by atoms with Crippen LogP contribution in [0.15, 0.2) is 65.7 Å². The van der Waals surface area contributed by atoms with Crippen LogP contribution in [0, 0.1) is 6.92 Å². The van der Waals surface area contributed by atoms with Crippen molar-refractivity contribution in [3.63, 3.8) is 0 Å². The van der Waals surface area contributed by atoms with Gasteiger partial charge in [0, 0.05) is 11.1 Å². The number of nitrogens with one attached hydrogen (secondary N) is 2. The smallest absolute Gasteiger partial charge is 0.237 e. The number of carbonyl (C=O) groups excluding carboxylic acids is 1. The van der Waals surface area contributed by atoms with Crippen LogP contribution >= 0.6 is 11.8 Å². The highest BCUT2D eigenvalue weighted by molar-refractivity contribution is 8.15. The minimum atomic E-state index is -0.271. The van der Waals surface area contributed by atoms with Gasteiger partial charge in [0.2, 0.25) is 5.91 Å². The molecule has 4 nitrogen and oxygen atoms in total. The number of hydrogen-bond donors (Lipinski definition) is 2. The molecule has 3 aromatic rings. The van der Waals surface area contributed by atoms with E-state index in [1.54, 1.807) is 0 Å². The zero-order chi connectivity index (χ0) is 18.1. The summed E-state index contributed by atoms with van der Waals surface area (Å²) in [7, 11) is 0. The Morgan fingerprint density at radius 1 is 1.08 bits per heavy atom. The van der Waals surface area contributed by atoms with Crippen LogP contribution in [0.25, 0.3) is 10.8 Å². The first-order chi connectivity index (χ1) is 12.6. The van der Waals surface area contributed by atoms with Crippen molar-refractivity contribution in [1.82, 2.24) is 0 Å². The van der Waals surface area contributed by atoms with Crippen molar-refractivity contribution in [3.8, 4) is 0 Å². The molecular formula is C21H19N3OS. The second kappa shape index (κ2) is 6.84. The van der Waals surface area contributed by atoms with Crippen LogP contribution in [-0.4, -0.2) is 16.3 Å². The van der Waals surface area contributed by atoms with Gasteiger partial charge in [-0.1, -0.05) is 53.7 Å². The van der Waals surface area contributed by atoms with Gasteiger partial charge in [0.05, 0.1) is 16.6 Å². The third-order valence-electron chi connectivity index (χ3n) is 4.32. The number of rotatable bonds is 3. The number of aliphatic imine (C=N–C) groups is 1. The Balaban J connectivity index is 1.50. The molecule has 26 heavy (non-hydrogen) atoms. The number of anilines is 2. The number of nitrogens with zero attached hydrogens (tertiary/aromatic N) is 1. The summed E-state index contributed by atoms with van der Waals surface area (Å²) in [5.74, 6) is -0.0413. The van der Waals surface area contributed by atoms with E-state index in [0.29, 0.717) is 0 Å². The normalized spacial score (nSPS) is 13.7. The molecule has 0 saturated carbocycles. The Hall–Kier alpha value is -2.79. The first-order valence-corrected chi connectivity index (χ1v) is 9.40. The zero-order valence-corrected chi connectivity index (χ0v) is 15.4. The summed E-state index contributed by atoms with van der Waals surface area (Å²) < 4.78 is 0. The van der Waals surface area contributed by atoms with E-state index >= 15 is 0 Å². The maximum Gasteiger partial charge on any atom is 0.237 e. The van der Waals surface area contributed by atoms with Gasteiger partial charge >= 0.3 is 0 Å². The number of thioether (sulfide) groups is 1. The van der Waals surface area contributed by atoms with Crippen LogP contribution in [0.2, 0.25) is 0 Å². The quantitative estimate of drug-likeness (QED) is 0.664. The molecule has 2 N–H and O–H groups in total. The molecule has 0 unspecified atom stereocenters. The monoisotopic (exact) mass is 361 g/mol. The molecule has 0 saturated heterocycles. The van der Waals surface area contributed by atoms with Crippen LogP contribution in [0.1, 0.15) is 12.5 Å². The third-order valence-corrected chi connectivity index (χ3v) is 5.31. The van der Waals surface area contributed by atoms with Gasteiger partial charge < -0.3 is 10.6 Å². The summed E-state index contributed by atoms with van der Waals surface area (Å²) in [6.07, 6.45) is 0. The van der Waals surface area contributed by atoms with Gasteiger partial charge in [0.1, 0.15) is 0 Å². The predicted molar refractivity (Wildman–Crippen MR) is 112 cm³/mol. The Kier molecular flexibility index (Phi) is 4.39. The van der Waals surface area contributed by atoms with E-state index in [2.05, 4.69) is 22.8 Å². The van der Waals surface area contributed by atoms with Crippen molar-refractivity contribution in [2.45, 2.75) is 19.1 Å². The van der Waals surface area contributed by atoms with Crippen LogP contribution < -0.4 is 10.6 Å². The average Bonchev–Trinajstić information content (AvgIpc) is 2.64. The molecule has 1 aliphatic rings. The van der Waals surface area contributed by atoms with Gasteiger partial charge in [-0.3, -0.25) is 4.79 Å². The molecule has 1 heterocycles. The number of aryl methyl sites for hydroxylation is 1. The van der Waals surface area contributed by atoms with Crippen molar-refractivity contribution in [3.05, 3.63) is 66.2 Å². The number of amides is 1. The minimum Gasteiger partial charge on any atom is -0.334 e. The highest BCUT2D eigenvalue weighted by atomic mass is 32.2. The minimum absolute atomic E-state index is 0.0413. The summed E-state index contributed by atoms with van der Waals surface area (Å²) in [4.78, 5) is 17.2. The SMILES string of the molecule is Cc1ccc(NC(=O)[C@@H](C)SC2=Nc3cccc4cccc(c34)N2)cc1. The summed E-state index contributed by atoms with van der Waals surface area (Å²) in [5, 5.41) is 9.05. The molecule has 0 spiro atoms. The molecule has 0 radical (unpaired) electrons. The third kappa shape index (κ3) is 3.30. The lowest BCUT2D eigenvalue weighted by Crippen LogP contribution is -2.25. The van der Waals surface area contributed by atoms with Crippen molar-refractivity contribution >= 4 is 50.7 Å². The lowest BCUT2D eigenvalue weighted by atomic mass is 10.1. The van der Waals surface area contributed by atoms with E-state index in [9.17, 15) is 4.79 Å². The van der Waals surface area contributed by atoms with E-state index in [1.807, 2.05) is 62.4 Å². The lowest BCUT2D eigenvalue weighted by molar-refractivity contribution is -0.115. The molecule has 0 aromatic heterocycles. The van der Waals surface area contributed by atoms with Gasteiger partial charge in [-0.25, -0.2) is 4.99 Å². The summed E-state index contributed by atoms with van der Waals surface area (Å²) in [6.45, 7) is 3.91. The molecule has 0 fully saturated rings. The number of amidine groups is 1. The molecular weight excluding hydrogens is 342 g/mol. The second-order valence-corrected chi connectivity index (χ2v) is 7.67. The van der Waals surface area contributed by atoms with Crippen LogP contribution in [0.3, 0.4) is 0 Å². The molecule has 1 aliphatic heterocycles. The van der Waals surface area contributed by atoms with Crippen LogP contribution in [0.5, 0.6) is 0 Å². The van der Waals surface area contributed by atoms with Crippen LogP contribution in [-0.2, 0) is 4.79 Å². The van der Waals surface area contributed by atoms with E-state index in [0.717, 1.165) is 33.0 Å². The molecule has 0 bridgehead atoms. The second-order valence-electron chi connectivity index (χ2n) is 6.34. The van der Waals surface area contributed by atoms with E-state index < -0.39 is 0 Å². The molecule has 3 aromatic carbocycles. The van der Waals surface area contributed by atoms with Crippen molar-refractivity contribution < 1.29 is 4.79 Å². The van der Waals surface area contributed by atoms with Gasteiger partial charge in [0.25, 0.3) is 0 Å². The van der Waals surface area contributed by atoms with Crippen molar-refractivity contribution in [2.24, 2.45) is 4.99 Å². The Labute approximate surface area is 156 Å². The van der Waals surface area contributed by atoms with E-state index in [-0.39, 0.29) is 11.2 Å². The molecule has 5 heteroatoms. The Bertz CT molecular complexity index is 1010. The fourth-order valence-corrected chi connectivity index (χ4v) is 3.75. The molecule has 130 valence electrons. The summed E-state index contributed by atoms with van der Waals surface area (Å²) in [5.41, 5.74) is 3.94. The molecule has 0 aliphatic carbocycles. The van der Waals surface area contributed by atoms with Crippen LogP contribution in [0.4, 0.5) is 17.1 Å². The van der Waals surface area contributed by atoms with Gasteiger partial charge in [0.15, 0.2) is 5.17 Å². The summed E-state index contributed by atoms with van der Waals surface area (Å²) >= 11 is 1.43. The Morgan fingerprint density at radius 2 is 1.81 bits per heavy atom. The van der Waals surface area contributed by atoms with Gasteiger partial charge in [-0.15, -0.1) is 0 Å². The number of hydrogen-bond acceptors (Lipinski definition) is 4. The largest absolute Gasteiger partial charge is 0.334 e. The number of carbonyl (C=O) groups is 1. The molecule has 1 amide bonds. The average molecular weight is 361 g/mol. The van der Waals surface area contributed by atoms with Crippen molar-refractivity contribution in [2.75, 3.05) is 10.6 Å². The first kappa shape index (κ1) is 16.7. The highest BCUT2D eigenvalue weighted by Gasteiger charge is 2.20.